The Bertz CT molecular complexity index is 630. The van der Waals surface area contributed by atoms with Crippen LogP contribution >= 0.6 is 0 Å². The van der Waals surface area contributed by atoms with Crippen molar-refractivity contribution in [1.82, 2.24) is 0 Å². The third-order valence-electron chi connectivity index (χ3n) is 3.46. The van der Waals surface area contributed by atoms with Crippen molar-refractivity contribution in [3.8, 4) is 0 Å². The molecule has 0 amide bonds. The lowest BCUT2D eigenvalue weighted by atomic mass is 9.96. The zero-order valence-electron chi connectivity index (χ0n) is 10.9. The van der Waals surface area contributed by atoms with Crippen LogP contribution in [0.4, 0.5) is 22.7 Å². The van der Waals surface area contributed by atoms with E-state index in [0.29, 0.717) is 22.7 Å². The number of hydrogen-bond acceptors (Lipinski definition) is 4. The molecule has 2 aromatic rings. The lowest BCUT2D eigenvalue weighted by Crippen LogP contribution is -1.99. The van der Waals surface area contributed by atoms with Crippen molar-refractivity contribution in [3.05, 3.63) is 46.5 Å². The molecule has 1 aliphatic rings. The summed E-state index contributed by atoms with van der Waals surface area (Å²) >= 11 is 0. The lowest BCUT2D eigenvalue weighted by Gasteiger charge is -2.11. The van der Waals surface area contributed by atoms with Gasteiger partial charge in [0.2, 0.25) is 0 Å². The first kappa shape index (κ1) is 12.2. The molecule has 0 bridgehead atoms. The Labute approximate surface area is 117 Å². The van der Waals surface area contributed by atoms with Crippen LogP contribution in [0.15, 0.2) is 24.3 Å². The summed E-state index contributed by atoms with van der Waals surface area (Å²) in [5.74, 6) is 0. The minimum Gasteiger partial charge on any atom is -0.397 e. The minimum absolute atomic E-state index is 0.583. The van der Waals surface area contributed by atoms with Gasteiger partial charge in [-0.3, -0.25) is 0 Å². The van der Waals surface area contributed by atoms with Crippen LogP contribution in [-0.4, -0.2) is 0 Å². The molecule has 4 heteroatoms. The van der Waals surface area contributed by atoms with Crippen molar-refractivity contribution in [3.63, 3.8) is 0 Å². The summed E-state index contributed by atoms with van der Waals surface area (Å²) in [5, 5.41) is 0. The topological polar surface area (TPSA) is 104 Å². The van der Waals surface area contributed by atoms with Crippen molar-refractivity contribution in [1.29, 1.82) is 0 Å². The zero-order chi connectivity index (χ0) is 14.3. The van der Waals surface area contributed by atoms with E-state index in [1.165, 1.54) is 0 Å². The van der Waals surface area contributed by atoms with Gasteiger partial charge in [-0.2, -0.15) is 0 Å². The molecule has 4 nitrogen and oxygen atoms in total. The molecule has 2 aromatic carbocycles. The molecular weight excluding hydrogens is 248 g/mol. The van der Waals surface area contributed by atoms with E-state index in [1.807, 2.05) is 48.6 Å². The summed E-state index contributed by atoms with van der Waals surface area (Å²) in [6.45, 7) is 0. The number of fused-ring (bicyclic) bond motifs is 2. The van der Waals surface area contributed by atoms with Crippen molar-refractivity contribution >= 4 is 47.1 Å². The molecule has 3 rings (SSSR count). The number of nitrogens with two attached hydrogens (primary N) is 4. The first-order chi connectivity index (χ1) is 9.54. The average Bonchev–Trinajstić information content (AvgIpc) is 2.40. The third-order valence-corrected chi connectivity index (χ3v) is 3.46. The van der Waals surface area contributed by atoms with Crippen LogP contribution in [-0.2, 0) is 0 Å². The molecular formula is C16H16N4. The van der Waals surface area contributed by atoms with Crippen molar-refractivity contribution in [2.24, 2.45) is 0 Å². The summed E-state index contributed by atoms with van der Waals surface area (Å²) < 4.78 is 0. The van der Waals surface area contributed by atoms with E-state index < -0.39 is 0 Å². The SMILES string of the molecule is Nc1cc2c(cc1N)/C=C\c1cc(N)c(N)cc1C=C2. The van der Waals surface area contributed by atoms with Crippen LogP contribution in [0.5, 0.6) is 0 Å². The normalized spacial score (nSPS) is 14.0. The quantitative estimate of drug-likeness (QED) is 0.468. The Balaban J connectivity index is 2.18. The van der Waals surface area contributed by atoms with Crippen LogP contribution in [0.2, 0.25) is 0 Å². The molecule has 100 valence electrons. The van der Waals surface area contributed by atoms with Crippen LogP contribution in [0.25, 0.3) is 24.3 Å². The van der Waals surface area contributed by atoms with Gasteiger partial charge < -0.3 is 22.9 Å². The van der Waals surface area contributed by atoms with Crippen LogP contribution in [0.3, 0.4) is 0 Å². The Kier molecular flexibility index (Phi) is 2.64. The maximum Gasteiger partial charge on any atom is 0.0554 e. The van der Waals surface area contributed by atoms with Crippen molar-refractivity contribution < 1.29 is 0 Å². The number of benzene rings is 2. The molecule has 8 N–H and O–H groups in total. The predicted octanol–water partition coefficient (Wildman–Crippen LogP) is 2.67. The number of anilines is 4. The molecule has 0 aromatic heterocycles. The Morgan fingerprint density at radius 2 is 0.600 bits per heavy atom. The van der Waals surface area contributed by atoms with E-state index in [1.54, 1.807) is 0 Å². The molecule has 0 spiro atoms. The van der Waals surface area contributed by atoms with Gasteiger partial charge in [-0.15, -0.1) is 0 Å². The molecule has 0 saturated carbocycles. The summed E-state index contributed by atoms with van der Waals surface area (Å²) in [4.78, 5) is 0. The monoisotopic (exact) mass is 264 g/mol. The van der Waals surface area contributed by atoms with Gasteiger partial charge in [-0.1, -0.05) is 24.3 Å². The summed E-state index contributed by atoms with van der Waals surface area (Å²) in [5.41, 5.74) is 29.8. The highest BCUT2D eigenvalue weighted by atomic mass is 14.7. The van der Waals surface area contributed by atoms with Crippen LogP contribution < -0.4 is 22.9 Å². The van der Waals surface area contributed by atoms with E-state index in [4.69, 9.17) is 22.9 Å². The fourth-order valence-electron chi connectivity index (χ4n) is 2.27. The maximum atomic E-state index is 5.85. The minimum atomic E-state index is 0.583. The fourth-order valence-corrected chi connectivity index (χ4v) is 2.27. The fraction of sp³-hybridized carbons (Fsp3) is 0. The number of hydrogen-bond donors (Lipinski definition) is 4. The van der Waals surface area contributed by atoms with E-state index in [0.717, 1.165) is 22.3 Å². The standard InChI is InChI=1S/C16H16N4/c17-13-5-9-1-2-10-6-14(18)16(20)8-12(10)4-3-11(9)7-15(13)19/h1-8H,17-20H2/b2-1-,4-3?,9-1?,10-2?,11-3?,12-4?. The first-order valence-electron chi connectivity index (χ1n) is 6.29. The Morgan fingerprint density at radius 3 is 0.800 bits per heavy atom. The Hall–Kier alpha value is -2.88. The smallest absolute Gasteiger partial charge is 0.0554 e. The molecule has 0 atom stereocenters. The van der Waals surface area contributed by atoms with Gasteiger partial charge in [-0.05, 0) is 46.5 Å². The van der Waals surface area contributed by atoms with Gasteiger partial charge in [-0.25, -0.2) is 0 Å². The zero-order valence-corrected chi connectivity index (χ0v) is 10.9. The first-order valence-corrected chi connectivity index (χ1v) is 6.29. The molecule has 20 heavy (non-hydrogen) atoms. The Morgan fingerprint density at radius 1 is 0.400 bits per heavy atom. The maximum absolute atomic E-state index is 5.85. The predicted molar refractivity (Wildman–Crippen MR) is 88.4 cm³/mol. The number of nitrogen functional groups attached to an aromatic ring is 4. The second-order valence-corrected chi connectivity index (χ2v) is 4.89. The van der Waals surface area contributed by atoms with Gasteiger partial charge in [0.25, 0.3) is 0 Å². The largest absolute Gasteiger partial charge is 0.397 e. The second-order valence-electron chi connectivity index (χ2n) is 4.89. The lowest BCUT2D eigenvalue weighted by molar-refractivity contribution is 1.56. The van der Waals surface area contributed by atoms with Crippen molar-refractivity contribution in [2.75, 3.05) is 22.9 Å². The summed E-state index contributed by atoms with van der Waals surface area (Å²) in [6.07, 6.45) is 8.01. The van der Waals surface area contributed by atoms with Crippen molar-refractivity contribution in [2.45, 2.75) is 0 Å². The van der Waals surface area contributed by atoms with Gasteiger partial charge in [0.05, 0.1) is 22.7 Å². The number of rotatable bonds is 0. The summed E-state index contributed by atoms with van der Waals surface area (Å²) in [6, 6.07) is 7.49. The third kappa shape index (κ3) is 1.97. The van der Waals surface area contributed by atoms with Gasteiger partial charge in [0.15, 0.2) is 0 Å². The van der Waals surface area contributed by atoms with Crippen LogP contribution in [0.1, 0.15) is 22.3 Å². The van der Waals surface area contributed by atoms with Gasteiger partial charge in [0.1, 0.15) is 0 Å². The molecule has 0 unspecified atom stereocenters. The highest BCUT2D eigenvalue weighted by Crippen LogP contribution is 2.30. The van der Waals surface area contributed by atoms with E-state index in [2.05, 4.69) is 0 Å². The van der Waals surface area contributed by atoms with E-state index in [9.17, 15) is 0 Å². The molecule has 0 fully saturated rings. The highest BCUT2D eigenvalue weighted by molar-refractivity contribution is 5.90. The molecule has 0 aliphatic heterocycles. The molecule has 0 heterocycles. The van der Waals surface area contributed by atoms with Crippen LogP contribution in [0, 0.1) is 0 Å². The van der Waals surface area contributed by atoms with Gasteiger partial charge in [0, 0.05) is 0 Å². The van der Waals surface area contributed by atoms with E-state index in [-0.39, 0.29) is 0 Å². The average molecular weight is 264 g/mol. The second kappa shape index (κ2) is 4.35. The molecule has 0 saturated heterocycles. The summed E-state index contributed by atoms with van der Waals surface area (Å²) in [7, 11) is 0. The molecule has 1 aliphatic carbocycles. The molecule has 0 radical (unpaired) electrons. The van der Waals surface area contributed by atoms with Gasteiger partial charge >= 0.3 is 0 Å². The highest BCUT2D eigenvalue weighted by Gasteiger charge is 2.07. The van der Waals surface area contributed by atoms with E-state index >= 15 is 0 Å².